The molecule has 0 unspecified atom stereocenters. The molecule has 1 aliphatic rings. The van der Waals surface area contributed by atoms with Crippen molar-refractivity contribution in [3.8, 4) is 0 Å². The summed E-state index contributed by atoms with van der Waals surface area (Å²) < 4.78 is 0. The number of carbonyl (C=O) groups is 1. The van der Waals surface area contributed by atoms with Crippen LogP contribution in [0.2, 0.25) is 0 Å². The Morgan fingerprint density at radius 3 is 2.78 bits per heavy atom. The molecule has 0 spiro atoms. The summed E-state index contributed by atoms with van der Waals surface area (Å²) in [7, 11) is 0. The van der Waals surface area contributed by atoms with E-state index in [1.165, 1.54) is 5.56 Å². The zero-order valence-corrected chi connectivity index (χ0v) is 13.6. The molecule has 0 saturated carbocycles. The minimum Gasteiger partial charge on any atom is -0.335 e. The Hall–Kier alpha value is -2.18. The van der Waals surface area contributed by atoms with Crippen molar-refractivity contribution in [3.63, 3.8) is 0 Å². The SMILES string of the molecule is O=C(c1n[nH]c2ccccc12)N1CCN(Cc2ccsc2)CC1. The number of hydrogen-bond donors (Lipinski definition) is 1. The largest absolute Gasteiger partial charge is 0.335 e. The molecule has 4 rings (SSSR count). The Balaban J connectivity index is 1.43. The number of fused-ring (bicyclic) bond motifs is 1. The Bertz CT molecular complexity index is 803. The number of carbonyl (C=O) groups excluding carboxylic acids is 1. The molecule has 3 aromatic rings. The van der Waals surface area contributed by atoms with Gasteiger partial charge in [-0.25, -0.2) is 0 Å². The van der Waals surface area contributed by atoms with E-state index in [2.05, 4.69) is 31.9 Å². The summed E-state index contributed by atoms with van der Waals surface area (Å²) >= 11 is 1.73. The van der Waals surface area contributed by atoms with E-state index in [1.54, 1.807) is 11.3 Å². The van der Waals surface area contributed by atoms with Gasteiger partial charge in [-0.15, -0.1) is 0 Å². The van der Waals surface area contributed by atoms with Crippen LogP contribution in [0.15, 0.2) is 41.1 Å². The van der Waals surface area contributed by atoms with Crippen molar-refractivity contribution in [2.75, 3.05) is 26.2 Å². The number of amides is 1. The maximum absolute atomic E-state index is 12.7. The summed E-state index contributed by atoms with van der Waals surface area (Å²) in [5.74, 6) is 0.0256. The first kappa shape index (κ1) is 14.4. The summed E-state index contributed by atoms with van der Waals surface area (Å²) in [6.45, 7) is 4.29. The number of H-pyrrole nitrogens is 1. The fourth-order valence-electron chi connectivity index (χ4n) is 3.03. The number of hydrogen-bond acceptors (Lipinski definition) is 4. The van der Waals surface area contributed by atoms with Crippen LogP contribution < -0.4 is 0 Å². The normalized spacial score (nSPS) is 16.1. The van der Waals surface area contributed by atoms with Gasteiger partial charge < -0.3 is 4.90 Å². The third kappa shape index (κ3) is 2.87. The van der Waals surface area contributed by atoms with Crippen molar-refractivity contribution < 1.29 is 4.79 Å². The number of rotatable bonds is 3. The minimum atomic E-state index is 0.0256. The van der Waals surface area contributed by atoms with E-state index in [9.17, 15) is 4.79 Å². The predicted molar refractivity (Wildman–Crippen MR) is 91.6 cm³/mol. The highest BCUT2D eigenvalue weighted by Gasteiger charge is 2.25. The molecule has 0 bridgehead atoms. The highest BCUT2D eigenvalue weighted by Crippen LogP contribution is 2.18. The first-order valence-corrected chi connectivity index (χ1v) is 8.71. The third-order valence-corrected chi connectivity index (χ3v) is 5.05. The number of nitrogens with zero attached hydrogens (tertiary/aromatic N) is 3. The monoisotopic (exact) mass is 326 g/mol. The molecule has 1 saturated heterocycles. The summed E-state index contributed by atoms with van der Waals surface area (Å²) in [6, 6.07) is 9.93. The minimum absolute atomic E-state index is 0.0256. The Morgan fingerprint density at radius 1 is 1.17 bits per heavy atom. The van der Waals surface area contributed by atoms with Crippen molar-refractivity contribution in [2.45, 2.75) is 6.54 Å². The van der Waals surface area contributed by atoms with Crippen LogP contribution in [0.25, 0.3) is 10.9 Å². The van der Waals surface area contributed by atoms with Crippen molar-refractivity contribution in [1.82, 2.24) is 20.0 Å². The van der Waals surface area contributed by atoms with Crippen LogP contribution >= 0.6 is 11.3 Å². The molecule has 1 amide bonds. The lowest BCUT2D eigenvalue weighted by Gasteiger charge is -2.34. The summed E-state index contributed by atoms with van der Waals surface area (Å²) in [4.78, 5) is 17.0. The van der Waals surface area contributed by atoms with Gasteiger partial charge in [-0.1, -0.05) is 18.2 Å². The van der Waals surface area contributed by atoms with E-state index in [0.717, 1.165) is 43.6 Å². The number of para-hydroxylation sites is 1. The van der Waals surface area contributed by atoms with Crippen LogP contribution in [0.5, 0.6) is 0 Å². The smallest absolute Gasteiger partial charge is 0.275 e. The third-order valence-electron chi connectivity index (χ3n) is 4.32. The molecule has 118 valence electrons. The number of aromatic nitrogens is 2. The van der Waals surface area contributed by atoms with E-state index < -0.39 is 0 Å². The van der Waals surface area contributed by atoms with E-state index >= 15 is 0 Å². The predicted octanol–water partition coefficient (Wildman–Crippen LogP) is 2.58. The van der Waals surface area contributed by atoms with Gasteiger partial charge in [-0.05, 0) is 28.5 Å². The second-order valence-electron chi connectivity index (χ2n) is 5.82. The molecule has 6 heteroatoms. The van der Waals surface area contributed by atoms with E-state index in [0.29, 0.717) is 5.69 Å². The first-order chi connectivity index (χ1) is 11.3. The van der Waals surface area contributed by atoms with Crippen molar-refractivity contribution >= 4 is 28.1 Å². The topological polar surface area (TPSA) is 52.2 Å². The second kappa shape index (κ2) is 6.14. The highest BCUT2D eigenvalue weighted by atomic mass is 32.1. The second-order valence-corrected chi connectivity index (χ2v) is 6.60. The maximum atomic E-state index is 12.7. The lowest BCUT2D eigenvalue weighted by Crippen LogP contribution is -2.48. The molecule has 2 aromatic heterocycles. The van der Waals surface area contributed by atoms with Gasteiger partial charge in [0.25, 0.3) is 5.91 Å². The summed E-state index contributed by atoms with van der Waals surface area (Å²) in [5.41, 5.74) is 2.80. The van der Waals surface area contributed by atoms with Crippen molar-refractivity contribution in [3.05, 3.63) is 52.3 Å². The number of aromatic amines is 1. The van der Waals surface area contributed by atoms with Crippen LogP contribution in [0.1, 0.15) is 16.1 Å². The fraction of sp³-hybridized carbons (Fsp3) is 0.294. The van der Waals surface area contributed by atoms with E-state index in [1.807, 2.05) is 29.2 Å². The van der Waals surface area contributed by atoms with E-state index in [-0.39, 0.29) is 5.91 Å². The van der Waals surface area contributed by atoms with Gasteiger partial charge in [0.15, 0.2) is 5.69 Å². The van der Waals surface area contributed by atoms with E-state index in [4.69, 9.17) is 0 Å². The molecule has 1 aliphatic heterocycles. The Morgan fingerprint density at radius 2 is 2.00 bits per heavy atom. The van der Waals surface area contributed by atoms with Crippen molar-refractivity contribution in [1.29, 1.82) is 0 Å². The standard InChI is InChI=1S/C17H18N4OS/c22-17(16-14-3-1-2-4-15(14)18-19-16)21-8-6-20(7-9-21)11-13-5-10-23-12-13/h1-5,10,12H,6-9,11H2,(H,18,19). The fourth-order valence-corrected chi connectivity index (χ4v) is 3.69. The number of piperazine rings is 1. The van der Waals surface area contributed by atoms with Crippen LogP contribution in [0.3, 0.4) is 0 Å². The zero-order valence-electron chi connectivity index (χ0n) is 12.7. The van der Waals surface area contributed by atoms with Gasteiger partial charge in [-0.3, -0.25) is 14.8 Å². The molecule has 1 N–H and O–H groups in total. The molecule has 0 atom stereocenters. The molecule has 1 fully saturated rings. The van der Waals surface area contributed by atoms with Crippen LogP contribution in [-0.4, -0.2) is 52.1 Å². The number of thiophene rings is 1. The molecule has 0 aliphatic carbocycles. The quantitative estimate of drug-likeness (QED) is 0.805. The average molecular weight is 326 g/mol. The molecular formula is C17H18N4OS. The van der Waals surface area contributed by atoms with Crippen LogP contribution in [0, 0.1) is 0 Å². The lowest BCUT2D eigenvalue weighted by molar-refractivity contribution is 0.0624. The molecular weight excluding hydrogens is 308 g/mol. The van der Waals surface area contributed by atoms with Gasteiger partial charge in [0.1, 0.15) is 0 Å². The zero-order chi connectivity index (χ0) is 15.6. The maximum Gasteiger partial charge on any atom is 0.275 e. The van der Waals surface area contributed by atoms with Gasteiger partial charge >= 0.3 is 0 Å². The highest BCUT2D eigenvalue weighted by molar-refractivity contribution is 7.07. The molecule has 23 heavy (non-hydrogen) atoms. The van der Waals surface area contributed by atoms with Crippen LogP contribution in [-0.2, 0) is 6.54 Å². The van der Waals surface area contributed by atoms with Crippen molar-refractivity contribution in [2.24, 2.45) is 0 Å². The van der Waals surface area contributed by atoms with Crippen LogP contribution in [0.4, 0.5) is 0 Å². The Labute approximate surface area is 138 Å². The molecule has 1 aromatic carbocycles. The summed E-state index contributed by atoms with van der Waals surface area (Å²) in [6.07, 6.45) is 0. The molecule has 5 nitrogen and oxygen atoms in total. The number of benzene rings is 1. The lowest BCUT2D eigenvalue weighted by atomic mass is 10.2. The molecule has 0 radical (unpaired) electrons. The van der Waals surface area contributed by atoms with Gasteiger partial charge in [-0.2, -0.15) is 16.4 Å². The Kier molecular flexibility index (Phi) is 3.85. The van der Waals surface area contributed by atoms with Gasteiger partial charge in [0.05, 0.1) is 5.52 Å². The van der Waals surface area contributed by atoms with Gasteiger partial charge in [0.2, 0.25) is 0 Å². The van der Waals surface area contributed by atoms with Gasteiger partial charge in [0, 0.05) is 38.1 Å². The average Bonchev–Trinajstić information content (AvgIpc) is 3.24. The number of nitrogens with one attached hydrogen (secondary N) is 1. The first-order valence-electron chi connectivity index (χ1n) is 7.77. The molecule has 3 heterocycles. The summed E-state index contributed by atoms with van der Waals surface area (Å²) in [5, 5.41) is 12.4.